The van der Waals surface area contributed by atoms with Crippen molar-refractivity contribution >= 4 is 5.91 Å². The molecule has 0 aromatic rings. The quantitative estimate of drug-likeness (QED) is 0.839. The summed E-state index contributed by atoms with van der Waals surface area (Å²) in [7, 11) is 1.87. The summed E-state index contributed by atoms with van der Waals surface area (Å²) >= 11 is 0. The van der Waals surface area contributed by atoms with Crippen molar-refractivity contribution in [1.29, 1.82) is 0 Å². The maximum Gasteiger partial charge on any atom is 0.391 e. The number of amides is 1. The number of hydrogen-bond acceptors (Lipinski definition) is 2. The molecule has 1 saturated heterocycles. The van der Waals surface area contributed by atoms with Crippen LogP contribution in [0.5, 0.6) is 0 Å². The van der Waals surface area contributed by atoms with Crippen molar-refractivity contribution in [3.05, 3.63) is 0 Å². The third-order valence-corrected chi connectivity index (χ3v) is 4.45. The monoisotopic (exact) mass is 278 g/mol. The summed E-state index contributed by atoms with van der Waals surface area (Å²) in [5.41, 5.74) is 0. The first-order valence-corrected chi connectivity index (χ1v) is 6.94. The minimum absolute atomic E-state index is 0.0541. The molecule has 1 aliphatic carbocycles. The van der Waals surface area contributed by atoms with Crippen LogP contribution in [0.1, 0.15) is 32.1 Å². The fourth-order valence-corrected chi connectivity index (χ4v) is 3.12. The first-order valence-electron chi connectivity index (χ1n) is 6.94. The highest BCUT2D eigenvalue weighted by Crippen LogP contribution is 2.40. The number of carbonyl (C=O) groups is 1. The Bertz CT molecular complexity index is 324. The first-order chi connectivity index (χ1) is 8.91. The zero-order valence-electron chi connectivity index (χ0n) is 11.2. The van der Waals surface area contributed by atoms with Crippen LogP contribution in [0.4, 0.5) is 13.2 Å². The normalized spacial score (nSPS) is 32.6. The molecule has 0 bridgehead atoms. The Morgan fingerprint density at radius 1 is 1.16 bits per heavy atom. The van der Waals surface area contributed by atoms with E-state index in [2.05, 4.69) is 5.32 Å². The molecule has 1 N–H and O–H groups in total. The molecule has 6 heteroatoms. The summed E-state index contributed by atoms with van der Waals surface area (Å²) in [6.07, 6.45) is -2.21. The maximum atomic E-state index is 12.6. The number of alkyl halides is 3. The minimum Gasteiger partial charge on any atom is -0.341 e. The topological polar surface area (TPSA) is 32.3 Å². The van der Waals surface area contributed by atoms with Crippen molar-refractivity contribution in [3.8, 4) is 0 Å². The standard InChI is InChI=1S/C13H21F3N2O/c1-17-11-6-7-18(8-11)12(19)9-2-4-10(5-3-9)13(14,15)16/h9-11,17H,2-8H2,1H3. The molecular formula is C13H21F3N2O. The lowest BCUT2D eigenvalue weighted by Crippen LogP contribution is -2.39. The highest BCUT2D eigenvalue weighted by molar-refractivity contribution is 5.79. The summed E-state index contributed by atoms with van der Waals surface area (Å²) in [5, 5.41) is 3.14. The zero-order valence-corrected chi connectivity index (χ0v) is 11.2. The Hall–Kier alpha value is -0.780. The Balaban J connectivity index is 1.83. The van der Waals surface area contributed by atoms with Crippen LogP contribution in [-0.2, 0) is 4.79 Å². The second-order valence-electron chi connectivity index (χ2n) is 5.65. The Morgan fingerprint density at radius 2 is 1.79 bits per heavy atom. The molecule has 0 radical (unpaired) electrons. The van der Waals surface area contributed by atoms with Crippen LogP contribution in [-0.4, -0.2) is 43.2 Å². The number of rotatable bonds is 2. The average Bonchev–Trinajstić information content (AvgIpc) is 2.86. The molecule has 0 aromatic heterocycles. The van der Waals surface area contributed by atoms with E-state index >= 15 is 0 Å². The summed E-state index contributed by atoms with van der Waals surface area (Å²) in [5.74, 6) is -1.35. The van der Waals surface area contributed by atoms with E-state index in [4.69, 9.17) is 0 Å². The molecule has 1 heterocycles. The van der Waals surface area contributed by atoms with E-state index in [-0.39, 0.29) is 24.7 Å². The second-order valence-corrected chi connectivity index (χ2v) is 5.65. The number of likely N-dealkylation sites (tertiary alicyclic amines) is 1. The van der Waals surface area contributed by atoms with Gasteiger partial charge in [0.25, 0.3) is 0 Å². The smallest absolute Gasteiger partial charge is 0.341 e. The van der Waals surface area contributed by atoms with Crippen LogP contribution in [0.3, 0.4) is 0 Å². The van der Waals surface area contributed by atoms with Crippen molar-refractivity contribution in [2.45, 2.75) is 44.3 Å². The predicted molar refractivity (Wildman–Crippen MR) is 65.5 cm³/mol. The van der Waals surface area contributed by atoms with Gasteiger partial charge < -0.3 is 10.2 Å². The highest BCUT2D eigenvalue weighted by Gasteiger charge is 2.43. The molecule has 1 unspecified atom stereocenters. The van der Waals surface area contributed by atoms with Crippen LogP contribution >= 0.6 is 0 Å². The molecule has 1 atom stereocenters. The van der Waals surface area contributed by atoms with Gasteiger partial charge in [-0.25, -0.2) is 0 Å². The van der Waals surface area contributed by atoms with Crippen molar-refractivity contribution in [2.24, 2.45) is 11.8 Å². The van der Waals surface area contributed by atoms with Crippen LogP contribution in [0.15, 0.2) is 0 Å². The van der Waals surface area contributed by atoms with Crippen molar-refractivity contribution < 1.29 is 18.0 Å². The zero-order chi connectivity index (χ0) is 14.0. The van der Waals surface area contributed by atoms with Gasteiger partial charge in [0.1, 0.15) is 0 Å². The number of carbonyl (C=O) groups excluding carboxylic acids is 1. The van der Waals surface area contributed by atoms with Crippen LogP contribution in [0.2, 0.25) is 0 Å². The molecule has 3 nitrogen and oxygen atoms in total. The second kappa shape index (κ2) is 5.69. The molecule has 1 aliphatic heterocycles. The van der Waals surface area contributed by atoms with Gasteiger partial charge in [0.05, 0.1) is 5.92 Å². The molecule has 2 aliphatic rings. The molecule has 0 aromatic carbocycles. The third-order valence-electron chi connectivity index (χ3n) is 4.45. The predicted octanol–water partition coefficient (Wildman–Crippen LogP) is 2.18. The molecule has 0 spiro atoms. The molecule has 2 rings (SSSR count). The third kappa shape index (κ3) is 3.41. The number of halogens is 3. The van der Waals surface area contributed by atoms with Crippen LogP contribution in [0, 0.1) is 11.8 Å². The number of nitrogens with zero attached hydrogens (tertiary/aromatic N) is 1. The minimum atomic E-state index is -4.10. The van der Waals surface area contributed by atoms with Crippen molar-refractivity contribution in [1.82, 2.24) is 10.2 Å². The lowest BCUT2D eigenvalue weighted by atomic mass is 9.81. The fraction of sp³-hybridized carbons (Fsp3) is 0.923. The van der Waals surface area contributed by atoms with Gasteiger partial charge in [-0.05, 0) is 39.2 Å². The summed E-state index contributed by atoms with van der Waals surface area (Å²) < 4.78 is 37.7. The van der Waals surface area contributed by atoms with E-state index in [9.17, 15) is 18.0 Å². The molecule has 1 saturated carbocycles. The molecular weight excluding hydrogens is 257 g/mol. The Kier molecular flexibility index (Phi) is 4.38. The van der Waals surface area contributed by atoms with Gasteiger partial charge in [-0.3, -0.25) is 4.79 Å². The van der Waals surface area contributed by atoms with Gasteiger partial charge in [0.15, 0.2) is 0 Å². The van der Waals surface area contributed by atoms with Gasteiger partial charge in [0.2, 0.25) is 5.91 Å². The lowest BCUT2D eigenvalue weighted by molar-refractivity contribution is -0.185. The molecule has 1 amide bonds. The SMILES string of the molecule is CNC1CCN(C(=O)C2CCC(C(F)(F)F)CC2)C1. The van der Waals surface area contributed by atoms with Crippen molar-refractivity contribution in [3.63, 3.8) is 0 Å². The fourth-order valence-electron chi connectivity index (χ4n) is 3.12. The van der Waals surface area contributed by atoms with E-state index in [0.717, 1.165) is 13.0 Å². The van der Waals surface area contributed by atoms with E-state index in [1.807, 2.05) is 7.05 Å². The van der Waals surface area contributed by atoms with Gasteiger partial charge in [-0.1, -0.05) is 0 Å². The Morgan fingerprint density at radius 3 is 2.26 bits per heavy atom. The summed E-state index contributed by atoms with van der Waals surface area (Å²) in [6.45, 7) is 1.41. The van der Waals surface area contributed by atoms with Gasteiger partial charge >= 0.3 is 6.18 Å². The Labute approximate surface area is 111 Å². The van der Waals surface area contributed by atoms with Gasteiger partial charge in [0, 0.05) is 25.0 Å². The van der Waals surface area contributed by atoms with Crippen LogP contribution < -0.4 is 5.32 Å². The molecule has 2 fully saturated rings. The molecule has 19 heavy (non-hydrogen) atoms. The molecule has 110 valence electrons. The van der Waals surface area contributed by atoms with E-state index in [1.165, 1.54) is 0 Å². The largest absolute Gasteiger partial charge is 0.391 e. The van der Waals surface area contributed by atoms with Crippen LogP contribution in [0.25, 0.3) is 0 Å². The van der Waals surface area contributed by atoms with E-state index < -0.39 is 12.1 Å². The number of hydrogen-bond donors (Lipinski definition) is 1. The van der Waals surface area contributed by atoms with E-state index in [1.54, 1.807) is 4.90 Å². The van der Waals surface area contributed by atoms with Gasteiger partial charge in [-0.15, -0.1) is 0 Å². The van der Waals surface area contributed by atoms with Gasteiger partial charge in [-0.2, -0.15) is 13.2 Å². The first kappa shape index (κ1) is 14.6. The lowest BCUT2D eigenvalue weighted by Gasteiger charge is -2.31. The number of likely N-dealkylation sites (N-methyl/N-ethyl adjacent to an activating group) is 1. The maximum absolute atomic E-state index is 12.6. The van der Waals surface area contributed by atoms with Crippen molar-refractivity contribution in [2.75, 3.05) is 20.1 Å². The average molecular weight is 278 g/mol. The highest BCUT2D eigenvalue weighted by atomic mass is 19.4. The summed E-state index contributed by atoms with van der Waals surface area (Å²) in [6, 6.07) is 0.329. The van der Waals surface area contributed by atoms with E-state index in [0.29, 0.717) is 25.4 Å². The summed E-state index contributed by atoms with van der Waals surface area (Å²) in [4.78, 5) is 14.0. The number of nitrogens with one attached hydrogen (secondary N) is 1.